The van der Waals surface area contributed by atoms with Gasteiger partial charge in [0.2, 0.25) is 5.91 Å². The van der Waals surface area contributed by atoms with E-state index in [0.29, 0.717) is 11.8 Å². The number of carboxylic acid groups (broad SMARTS) is 1. The van der Waals surface area contributed by atoms with Gasteiger partial charge in [0.15, 0.2) is 0 Å². The minimum atomic E-state index is -0.969. The fourth-order valence-corrected chi connectivity index (χ4v) is 2.44. The predicted molar refractivity (Wildman–Crippen MR) is 74.7 cm³/mol. The Morgan fingerprint density at radius 2 is 1.89 bits per heavy atom. The summed E-state index contributed by atoms with van der Waals surface area (Å²) < 4.78 is 0. The monoisotopic (exact) mass is 269 g/mol. The van der Waals surface area contributed by atoms with Gasteiger partial charge in [-0.15, -0.1) is 0 Å². The molecular weight excluding hydrogens is 242 g/mol. The SMILES string of the molecule is CC1CCN(C(=O)CC(C)(C(=O)O)C(C)C)CC1C. The van der Waals surface area contributed by atoms with Crippen LogP contribution in [-0.4, -0.2) is 35.0 Å². The number of carbonyl (C=O) groups is 2. The highest BCUT2D eigenvalue weighted by Gasteiger charge is 2.40. The Hall–Kier alpha value is -1.06. The summed E-state index contributed by atoms with van der Waals surface area (Å²) in [5.41, 5.74) is -0.969. The fourth-order valence-electron chi connectivity index (χ4n) is 2.44. The van der Waals surface area contributed by atoms with E-state index in [1.807, 2.05) is 18.7 Å². The van der Waals surface area contributed by atoms with Gasteiger partial charge in [-0.2, -0.15) is 0 Å². The van der Waals surface area contributed by atoms with E-state index in [2.05, 4.69) is 13.8 Å². The van der Waals surface area contributed by atoms with Crippen LogP contribution in [0.15, 0.2) is 0 Å². The van der Waals surface area contributed by atoms with Crippen molar-refractivity contribution in [2.75, 3.05) is 13.1 Å². The van der Waals surface area contributed by atoms with Crippen LogP contribution < -0.4 is 0 Å². The molecule has 1 rings (SSSR count). The zero-order chi connectivity index (χ0) is 14.8. The molecule has 0 radical (unpaired) electrons. The second kappa shape index (κ2) is 5.93. The van der Waals surface area contributed by atoms with Gasteiger partial charge in [0.25, 0.3) is 0 Å². The topological polar surface area (TPSA) is 57.6 Å². The first-order chi connectivity index (χ1) is 8.68. The normalized spacial score (nSPS) is 27.2. The standard InChI is InChI=1S/C15H27NO3/c1-10(2)15(5,14(18)19)8-13(17)16-7-6-11(3)12(4)9-16/h10-12H,6-9H2,1-5H3,(H,18,19). The van der Waals surface area contributed by atoms with E-state index >= 15 is 0 Å². The average Bonchev–Trinajstić information content (AvgIpc) is 2.31. The maximum atomic E-state index is 12.3. The highest BCUT2D eigenvalue weighted by molar-refractivity contribution is 5.85. The maximum Gasteiger partial charge on any atom is 0.310 e. The van der Waals surface area contributed by atoms with Crippen LogP contribution in [0, 0.1) is 23.2 Å². The van der Waals surface area contributed by atoms with E-state index < -0.39 is 11.4 Å². The lowest BCUT2D eigenvalue weighted by molar-refractivity contribution is -0.156. The van der Waals surface area contributed by atoms with Gasteiger partial charge < -0.3 is 10.0 Å². The molecule has 1 N–H and O–H groups in total. The molecule has 1 aliphatic rings. The third-order valence-corrected chi connectivity index (χ3v) is 4.97. The largest absolute Gasteiger partial charge is 0.481 e. The summed E-state index contributed by atoms with van der Waals surface area (Å²) in [4.78, 5) is 25.6. The Balaban J connectivity index is 2.71. The van der Waals surface area contributed by atoms with Crippen LogP contribution in [0.3, 0.4) is 0 Å². The van der Waals surface area contributed by atoms with Crippen LogP contribution in [0.1, 0.15) is 47.5 Å². The van der Waals surface area contributed by atoms with Crippen LogP contribution in [0.25, 0.3) is 0 Å². The summed E-state index contributed by atoms with van der Waals surface area (Å²) in [5, 5.41) is 9.37. The van der Waals surface area contributed by atoms with E-state index in [0.717, 1.165) is 19.5 Å². The maximum absolute atomic E-state index is 12.3. The third-order valence-electron chi connectivity index (χ3n) is 4.97. The minimum Gasteiger partial charge on any atom is -0.481 e. The summed E-state index contributed by atoms with van der Waals surface area (Å²) in [5.74, 6) is 0.176. The van der Waals surface area contributed by atoms with E-state index in [4.69, 9.17) is 0 Å². The Bertz CT molecular complexity index is 353. The molecule has 0 bridgehead atoms. The second-order valence-electron chi connectivity index (χ2n) is 6.64. The number of hydrogen-bond donors (Lipinski definition) is 1. The molecule has 0 spiro atoms. The summed E-state index contributed by atoms with van der Waals surface area (Å²) >= 11 is 0. The molecular formula is C15H27NO3. The molecule has 110 valence electrons. The average molecular weight is 269 g/mol. The van der Waals surface area contributed by atoms with Gasteiger partial charge in [0.1, 0.15) is 0 Å². The first kappa shape index (κ1) is 16.0. The molecule has 0 aromatic carbocycles. The summed E-state index contributed by atoms with van der Waals surface area (Å²) in [6.07, 6.45) is 1.11. The van der Waals surface area contributed by atoms with Gasteiger partial charge in [-0.1, -0.05) is 27.7 Å². The van der Waals surface area contributed by atoms with Gasteiger partial charge in [0, 0.05) is 19.5 Å². The molecule has 0 aliphatic carbocycles. The number of rotatable bonds is 4. The quantitative estimate of drug-likeness (QED) is 0.853. The van der Waals surface area contributed by atoms with E-state index in [9.17, 15) is 14.7 Å². The number of hydrogen-bond acceptors (Lipinski definition) is 2. The first-order valence-corrected chi connectivity index (χ1v) is 7.19. The van der Waals surface area contributed by atoms with E-state index in [1.165, 1.54) is 0 Å². The Morgan fingerprint density at radius 1 is 1.32 bits per heavy atom. The molecule has 0 aromatic heterocycles. The van der Waals surface area contributed by atoms with Crippen LogP contribution in [0.4, 0.5) is 0 Å². The highest BCUT2D eigenvalue weighted by atomic mass is 16.4. The van der Waals surface area contributed by atoms with E-state index in [-0.39, 0.29) is 18.2 Å². The lowest BCUT2D eigenvalue weighted by atomic mass is 9.75. The number of carboxylic acids is 1. The van der Waals surface area contributed by atoms with Gasteiger partial charge in [-0.3, -0.25) is 9.59 Å². The fraction of sp³-hybridized carbons (Fsp3) is 0.867. The summed E-state index contributed by atoms with van der Waals surface area (Å²) in [6.45, 7) is 11.3. The smallest absolute Gasteiger partial charge is 0.310 e. The van der Waals surface area contributed by atoms with Crippen molar-refractivity contribution in [1.29, 1.82) is 0 Å². The Labute approximate surface area is 116 Å². The Kier molecular flexibility index (Phi) is 4.99. The van der Waals surface area contributed by atoms with Crippen molar-refractivity contribution < 1.29 is 14.7 Å². The number of piperidine rings is 1. The molecule has 3 unspecified atom stereocenters. The van der Waals surface area contributed by atoms with Crippen molar-refractivity contribution in [2.45, 2.75) is 47.5 Å². The Morgan fingerprint density at radius 3 is 2.32 bits per heavy atom. The minimum absolute atomic E-state index is 0.0163. The number of likely N-dealkylation sites (tertiary alicyclic amines) is 1. The molecule has 4 heteroatoms. The molecule has 1 fully saturated rings. The zero-order valence-electron chi connectivity index (χ0n) is 12.8. The number of nitrogens with zero attached hydrogens (tertiary/aromatic N) is 1. The molecule has 1 aliphatic heterocycles. The van der Waals surface area contributed by atoms with Crippen molar-refractivity contribution in [3.63, 3.8) is 0 Å². The van der Waals surface area contributed by atoms with Crippen molar-refractivity contribution in [3.05, 3.63) is 0 Å². The number of amides is 1. The zero-order valence-corrected chi connectivity index (χ0v) is 12.8. The molecule has 1 amide bonds. The number of carbonyl (C=O) groups excluding carboxylic acids is 1. The summed E-state index contributed by atoms with van der Waals surface area (Å²) in [7, 11) is 0. The second-order valence-corrected chi connectivity index (χ2v) is 6.64. The van der Waals surface area contributed by atoms with Crippen molar-refractivity contribution in [2.24, 2.45) is 23.2 Å². The first-order valence-electron chi connectivity index (χ1n) is 7.19. The van der Waals surface area contributed by atoms with Crippen LogP contribution in [0.5, 0.6) is 0 Å². The molecule has 1 saturated heterocycles. The van der Waals surface area contributed by atoms with Crippen molar-refractivity contribution in [1.82, 2.24) is 4.90 Å². The third kappa shape index (κ3) is 3.48. The van der Waals surface area contributed by atoms with Gasteiger partial charge in [-0.05, 0) is 31.1 Å². The number of aliphatic carboxylic acids is 1. The lowest BCUT2D eigenvalue weighted by Gasteiger charge is -2.37. The molecule has 0 saturated carbocycles. The van der Waals surface area contributed by atoms with Gasteiger partial charge >= 0.3 is 5.97 Å². The summed E-state index contributed by atoms with van der Waals surface area (Å²) in [6, 6.07) is 0. The highest BCUT2D eigenvalue weighted by Crippen LogP contribution is 2.33. The van der Waals surface area contributed by atoms with Crippen LogP contribution >= 0.6 is 0 Å². The molecule has 1 heterocycles. The molecule has 4 nitrogen and oxygen atoms in total. The van der Waals surface area contributed by atoms with E-state index in [1.54, 1.807) is 6.92 Å². The van der Waals surface area contributed by atoms with Gasteiger partial charge in [-0.25, -0.2) is 0 Å². The van der Waals surface area contributed by atoms with Crippen LogP contribution in [-0.2, 0) is 9.59 Å². The van der Waals surface area contributed by atoms with Crippen molar-refractivity contribution >= 4 is 11.9 Å². The van der Waals surface area contributed by atoms with Crippen molar-refractivity contribution in [3.8, 4) is 0 Å². The molecule has 0 aromatic rings. The molecule has 3 atom stereocenters. The predicted octanol–water partition coefficient (Wildman–Crippen LogP) is 2.63. The van der Waals surface area contributed by atoms with Crippen LogP contribution in [0.2, 0.25) is 0 Å². The lowest BCUT2D eigenvalue weighted by Crippen LogP contribution is -2.46. The van der Waals surface area contributed by atoms with Gasteiger partial charge in [0.05, 0.1) is 5.41 Å². The molecule has 19 heavy (non-hydrogen) atoms.